The van der Waals surface area contributed by atoms with Gasteiger partial charge in [0.05, 0.1) is 11.7 Å². The maximum Gasteiger partial charge on any atom is 0.241 e. The highest BCUT2D eigenvalue weighted by Crippen LogP contribution is 2.26. The van der Waals surface area contributed by atoms with Gasteiger partial charge in [0.15, 0.2) is 0 Å². The molecule has 0 saturated carbocycles. The number of benzene rings is 2. The monoisotopic (exact) mass is 364 g/mol. The summed E-state index contributed by atoms with van der Waals surface area (Å²) in [5.74, 6) is -0.0486. The molecule has 3 rings (SSSR count). The molecule has 1 amide bonds. The third kappa shape index (κ3) is 3.28. The quantitative estimate of drug-likeness (QED) is 0.851. The zero-order chi connectivity index (χ0) is 14.8. The van der Waals surface area contributed by atoms with Crippen LogP contribution in [0.15, 0.2) is 46.9 Å². The lowest BCUT2D eigenvalue weighted by Crippen LogP contribution is -2.44. The first-order valence-electron chi connectivity index (χ1n) is 6.69. The van der Waals surface area contributed by atoms with E-state index in [1.54, 1.807) is 12.1 Å². The topological polar surface area (TPSA) is 41.1 Å². The summed E-state index contributed by atoms with van der Waals surface area (Å²) in [4.78, 5) is 12.4. The van der Waals surface area contributed by atoms with E-state index in [4.69, 9.17) is 11.6 Å². The highest BCUT2D eigenvalue weighted by molar-refractivity contribution is 9.10. The van der Waals surface area contributed by atoms with E-state index in [2.05, 4.69) is 38.7 Å². The Morgan fingerprint density at radius 2 is 2.00 bits per heavy atom. The average Bonchev–Trinajstić information content (AvgIpc) is 2.50. The largest absolute Gasteiger partial charge is 0.324 e. The molecule has 1 heterocycles. The molecule has 0 bridgehead atoms. The third-order valence-electron chi connectivity index (χ3n) is 3.58. The number of fused-ring (bicyclic) bond motifs is 1. The smallest absolute Gasteiger partial charge is 0.241 e. The van der Waals surface area contributed by atoms with Gasteiger partial charge in [-0.15, -0.1) is 0 Å². The fourth-order valence-electron chi connectivity index (χ4n) is 2.45. The van der Waals surface area contributed by atoms with Crippen LogP contribution in [0.4, 0.5) is 5.69 Å². The Bertz CT molecular complexity index is 690. The Hall–Kier alpha value is -1.36. The van der Waals surface area contributed by atoms with E-state index in [0.717, 1.165) is 4.47 Å². The second-order valence-corrected chi connectivity index (χ2v) is 6.31. The molecular weight excluding hydrogens is 352 g/mol. The standard InChI is InChI=1S/C16H14BrClN2O/c17-13-6-5-12(18)8-14(13)20-16(21)15-7-10-3-1-2-4-11(10)9-19-15/h1-6,8,15,19H,7,9H2,(H,20,21)/t15-/m0/s1. The van der Waals surface area contributed by atoms with Crippen LogP contribution in [0.3, 0.4) is 0 Å². The van der Waals surface area contributed by atoms with Crippen molar-refractivity contribution in [3.63, 3.8) is 0 Å². The van der Waals surface area contributed by atoms with Crippen LogP contribution < -0.4 is 10.6 Å². The van der Waals surface area contributed by atoms with Gasteiger partial charge in [0.25, 0.3) is 0 Å². The SMILES string of the molecule is O=C(Nc1cc(Cl)ccc1Br)[C@@H]1Cc2ccccc2CN1. The second-order valence-electron chi connectivity index (χ2n) is 5.02. The Labute approximate surface area is 136 Å². The zero-order valence-corrected chi connectivity index (χ0v) is 13.5. The molecule has 2 aromatic carbocycles. The van der Waals surface area contributed by atoms with E-state index in [9.17, 15) is 4.79 Å². The number of nitrogens with one attached hydrogen (secondary N) is 2. The molecule has 5 heteroatoms. The molecule has 0 radical (unpaired) electrons. The lowest BCUT2D eigenvalue weighted by molar-refractivity contribution is -0.118. The summed E-state index contributed by atoms with van der Waals surface area (Å²) < 4.78 is 0.816. The number of hydrogen-bond donors (Lipinski definition) is 2. The van der Waals surface area contributed by atoms with Crippen molar-refractivity contribution >= 4 is 39.1 Å². The fourth-order valence-corrected chi connectivity index (χ4v) is 2.97. The van der Waals surface area contributed by atoms with Gasteiger partial charge in [-0.2, -0.15) is 0 Å². The number of hydrogen-bond acceptors (Lipinski definition) is 2. The van der Waals surface area contributed by atoms with Crippen molar-refractivity contribution < 1.29 is 4.79 Å². The summed E-state index contributed by atoms with van der Waals surface area (Å²) in [5, 5.41) is 6.78. The molecule has 0 fully saturated rings. The van der Waals surface area contributed by atoms with Crippen LogP contribution in [-0.2, 0) is 17.8 Å². The molecular formula is C16H14BrClN2O. The van der Waals surface area contributed by atoms with Gasteiger partial charge in [-0.25, -0.2) is 0 Å². The molecule has 108 valence electrons. The minimum Gasteiger partial charge on any atom is -0.324 e. The highest BCUT2D eigenvalue weighted by atomic mass is 79.9. The molecule has 1 atom stereocenters. The van der Waals surface area contributed by atoms with Crippen molar-refractivity contribution in [3.05, 3.63) is 63.1 Å². The second kappa shape index (κ2) is 6.18. The van der Waals surface area contributed by atoms with Crippen LogP contribution >= 0.6 is 27.5 Å². The van der Waals surface area contributed by atoms with Crippen molar-refractivity contribution in [1.29, 1.82) is 0 Å². The molecule has 2 N–H and O–H groups in total. The average molecular weight is 366 g/mol. The van der Waals surface area contributed by atoms with E-state index in [1.807, 2.05) is 18.2 Å². The predicted octanol–water partition coefficient (Wildman–Crippen LogP) is 3.76. The van der Waals surface area contributed by atoms with Crippen LogP contribution in [-0.4, -0.2) is 11.9 Å². The maximum absolute atomic E-state index is 12.4. The van der Waals surface area contributed by atoms with E-state index in [-0.39, 0.29) is 11.9 Å². The lowest BCUT2D eigenvalue weighted by Gasteiger charge is -2.25. The minimum absolute atomic E-state index is 0.0486. The first-order valence-corrected chi connectivity index (χ1v) is 7.86. The van der Waals surface area contributed by atoms with Crippen molar-refractivity contribution in [2.45, 2.75) is 19.0 Å². The van der Waals surface area contributed by atoms with Gasteiger partial charge in [0.1, 0.15) is 0 Å². The van der Waals surface area contributed by atoms with Crippen LogP contribution in [0.1, 0.15) is 11.1 Å². The third-order valence-corrected chi connectivity index (χ3v) is 4.51. The first-order chi connectivity index (χ1) is 10.1. The number of carbonyl (C=O) groups is 1. The molecule has 1 aliphatic heterocycles. The molecule has 0 spiro atoms. The molecule has 0 unspecified atom stereocenters. The summed E-state index contributed by atoms with van der Waals surface area (Å²) in [6, 6.07) is 13.3. The predicted molar refractivity (Wildman–Crippen MR) is 88.6 cm³/mol. The number of rotatable bonds is 2. The highest BCUT2D eigenvalue weighted by Gasteiger charge is 2.24. The molecule has 0 saturated heterocycles. The van der Waals surface area contributed by atoms with E-state index >= 15 is 0 Å². The summed E-state index contributed by atoms with van der Waals surface area (Å²) in [6.45, 7) is 0.713. The molecule has 3 nitrogen and oxygen atoms in total. The molecule has 0 aliphatic carbocycles. The number of amides is 1. The number of halogens is 2. The van der Waals surface area contributed by atoms with Crippen molar-refractivity contribution in [2.75, 3.05) is 5.32 Å². The van der Waals surface area contributed by atoms with Gasteiger partial charge in [0, 0.05) is 16.0 Å². The van der Waals surface area contributed by atoms with Gasteiger partial charge in [-0.1, -0.05) is 35.9 Å². The van der Waals surface area contributed by atoms with Gasteiger partial charge in [0.2, 0.25) is 5.91 Å². The van der Waals surface area contributed by atoms with E-state index in [0.29, 0.717) is 23.7 Å². The molecule has 1 aliphatic rings. The number of anilines is 1. The Balaban J connectivity index is 1.74. The van der Waals surface area contributed by atoms with Gasteiger partial charge in [-0.05, 0) is 51.7 Å². The maximum atomic E-state index is 12.4. The Morgan fingerprint density at radius 3 is 2.81 bits per heavy atom. The Kier molecular flexibility index (Phi) is 4.29. The van der Waals surface area contributed by atoms with Crippen LogP contribution in [0.25, 0.3) is 0 Å². The van der Waals surface area contributed by atoms with Crippen LogP contribution in [0.2, 0.25) is 5.02 Å². The summed E-state index contributed by atoms with van der Waals surface area (Å²) in [6.07, 6.45) is 0.695. The summed E-state index contributed by atoms with van der Waals surface area (Å²) in [7, 11) is 0. The van der Waals surface area contributed by atoms with Gasteiger partial charge in [-0.3, -0.25) is 4.79 Å². The van der Waals surface area contributed by atoms with Crippen molar-refractivity contribution in [2.24, 2.45) is 0 Å². The first kappa shape index (κ1) is 14.6. The van der Waals surface area contributed by atoms with E-state index < -0.39 is 0 Å². The van der Waals surface area contributed by atoms with E-state index in [1.165, 1.54) is 11.1 Å². The van der Waals surface area contributed by atoms with Crippen molar-refractivity contribution in [3.8, 4) is 0 Å². The van der Waals surface area contributed by atoms with Gasteiger partial charge >= 0.3 is 0 Å². The fraction of sp³-hybridized carbons (Fsp3) is 0.188. The number of carbonyl (C=O) groups excluding carboxylic acids is 1. The lowest BCUT2D eigenvalue weighted by atomic mass is 9.95. The van der Waals surface area contributed by atoms with Crippen LogP contribution in [0, 0.1) is 0 Å². The van der Waals surface area contributed by atoms with Crippen molar-refractivity contribution in [1.82, 2.24) is 5.32 Å². The van der Waals surface area contributed by atoms with Gasteiger partial charge < -0.3 is 10.6 Å². The molecule has 0 aromatic heterocycles. The minimum atomic E-state index is -0.231. The summed E-state index contributed by atoms with van der Waals surface area (Å²) >= 11 is 9.38. The molecule has 21 heavy (non-hydrogen) atoms. The normalized spacial score (nSPS) is 17.1. The zero-order valence-electron chi connectivity index (χ0n) is 11.2. The van der Waals surface area contributed by atoms with Crippen LogP contribution in [0.5, 0.6) is 0 Å². The molecule has 2 aromatic rings. The summed E-state index contributed by atoms with van der Waals surface area (Å²) in [5.41, 5.74) is 3.17. The Morgan fingerprint density at radius 1 is 1.24 bits per heavy atom.